The molecule has 1 aromatic carbocycles. The molecule has 0 amide bonds. The smallest absolute Gasteiger partial charge is 0.201 e. The molecule has 19 heavy (non-hydrogen) atoms. The van der Waals surface area contributed by atoms with Gasteiger partial charge in [0.25, 0.3) is 0 Å². The van der Waals surface area contributed by atoms with Gasteiger partial charge in [-0.1, -0.05) is 0 Å². The largest absolute Gasteiger partial charge is 0.369 e. The number of imidazole rings is 1. The van der Waals surface area contributed by atoms with Crippen LogP contribution in [0.15, 0.2) is 30.6 Å². The van der Waals surface area contributed by atoms with Crippen LogP contribution in [-0.4, -0.2) is 19.3 Å². The zero-order valence-electron chi connectivity index (χ0n) is 10.5. The summed E-state index contributed by atoms with van der Waals surface area (Å²) in [6, 6.07) is 6.17. The minimum Gasteiger partial charge on any atom is -0.369 e. The van der Waals surface area contributed by atoms with Gasteiger partial charge in [-0.3, -0.25) is 4.68 Å². The summed E-state index contributed by atoms with van der Waals surface area (Å²) in [4.78, 5) is 4.40. The minimum absolute atomic E-state index is 0.556. The lowest BCUT2D eigenvalue weighted by atomic mass is 10.3. The van der Waals surface area contributed by atoms with Gasteiger partial charge in [0.1, 0.15) is 0 Å². The lowest BCUT2D eigenvalue weighted by Crippen LogP contribution is -2.10. The molecule has 0 aliphatic rings. The molecule has 0 aliphatic heterocycles. The van der Waals surface area contributed by atoms with Crippen LogP contribution in [0.4, 0.5) is 5.95 Å². The maximum absolute atomic E-state index is 5.99. The maximum atomic E-state index is 5.99. The van der Waals surface area contributed by atoms with E-state index in [1.165, 1.54) is 0 Å². The number of nitrogens with two attached hydrogens (primary N) is 1. The van der Waals surface area contributed by atoms with Crippen LogP contribution in [0.3, 0.4) is 0 Å². The number of anilines is 1. The van der Waals surface area contributed by atoms with Gasteiger partial charge in [0.15, 0.2) is 0 Å². The van der Waals surface area contributed by atoms with E-state index in [1.807, 2.05) is 34.6 Å². The molecule has 0 bridgehead atoms. The Bertz CT molecular complexity index is 728. The van der Waals surface area contributed by atoms with Gasteiger partial charge in [-0.15, -0.1) is 0 Å². The highest BCUT2D eigenvalue weighted by Gasteiger charge is 2.08. The number of aromatic nitrogens is 4. The molecule has 0 radical (unpaired) electrons. The average molecular weight is 367 g/mol. The first-order valence-corrected chi connectivity index (χ1v) is 7.12. The minimum atomic E-state index is 0.556. The van der Waals surface area contributed by atoms with Crippen molar-refractivity contribution in [2.45, 2.75) is 20.0 Å². The fraction of sp³-hybridized carbons (Fsp3) is 0.231. The molecule has 0 saturated heterocycles. The predicted octanol–water partition coefficient (Wildman–Crippen LogP) is 2.43. The SMILES string of the molecule is Cc1cnn(CCn2c(N)nc3cc(I)ccc32)c1. The van der Waals surface area contributed by atoms with Crippen molar-refractivity contribution in [1.82, 2.24) is 19.3 Å². The molecule has 0 atom stereocenters. The van der Waals surface area contributed by atoms with E-state index in [2.05, 4.69) is 44.8 Å². The summed E-state index contributed by atoms with van der Waals surface area (Å²) in [5.41, 5.74) is 9.17. The Balaban J connectivity index is 1.90. The van der Waals surface area contributed by atoms with Gasteiger partial charge in [-0.05, 0) is 53.3 Å². The average Bonchev–Trinajstić information content (AvgIpc) is 2.89. The molecular weight excluding hydrogens is 353 g/mol. The number of halogens is 1. The molecule has 6 heteroatoms. The third kappa shape index (κ3) is 2.44. The summed E-state index contributed by atoms with van der Waals surface area (Å²) in [5.74, 6) is 0.556. The van der Waals surface area contributed by atoms with Crippen LogP contribution in [0, 0.1) is 10.5 Å². The first-order valence-electron chi connectivity index (χ1n) is 6.04. The second-order valence-electron chi connectivity index (χ2n) is 4.54. The molecular formula is C13H14IN5. The van der Waals surface area contributed by atoms with Crippen LogP contribution in [0.5, 0.6) is 0 Å². The van der Waals surface area contributed by atoms with E-state index in [1.54, 1.807) is 0 Å². The topological polar surface area (TPSA) is 61.7 Å². The molecule has 0 unspecified atom stereocenters. The normalized spacial score (nSPS) is 11.3. The zero-order chi connectivity index (χ0) is 13.4. The van der Waals surface area contributed by atoms with Crippen molar-refractivity contribution < 1.29 is 0 Å². The third-order valence-corrected chi connectivity index (χ3v) is 3.73. The standard InChI is InChI=1S/C13H14IN5/c1-9-7-16-18(8-9)4-5-19-12-3-2-10(14)6-11(12)17-13(19)15/h2-3,6-8H,4-5H2,1H3,(H2,15,17). The summed E-state index contributed by atoms with van der Waals surface area (Å²) in [6.07, 6.45) is 3.88. The summed E-state index contributed by atoms with van der Waals surface area (Å²) in [6.45, 7) is 3.59. The van der Waals surface area contributed by atoms with E-state index in [0.717, 1.165) is 33.3 Å². The Morgan fingerprint density at radius 3 is 2.89 bits per heavy atom. The lowest BCUT2D eigenvalue weighted by Gasteiger charge is -2.06. The molecule has 5 nitrogen and oxygen atoms in total. The number of nitrogens with zero attached hydrogens (tertiary/aromatic N) is 4. The first-order chi connectivity index (χ1) is 9.13. The third-order valence-electron chi connectivity index (χ3n) is 3.05. The molecule has 0 aliphatic carbocycles. The Hall–Kier alpha value is -1.57. The zero-order valence-corrected chi connectivity index (χ0v) is 12.7. The fourth-order valence-electron chi connectivity index (χ4n) is 2.15. The van der Waals surface area contributed by atoms with E-state index >= 15 is 0 Å². The lowest BCUT2D eigenvalue weighted by molar-refractivity contribution is 0.544. The molecule has 3 rings (SSSR count). The Morgan fingerprint density at radius 1 is 1.32 bits per heavy atom. The van der Waals surface area contributed by atoms with Gasteiger partial charge < -0.3 is 10.3 Å². The first kappa shape index (κ1) is 12.5. The van der Waals surface area contributed by atoms with Crippen molar-refractivity contribution >= 4 is 39.6 Å². The van der Waals surface area contributed by atoms with Crippen molar-refractivity contribution in [2.75, 3.05) is 5.73 Å². The second-order valence-corrected chi connectivity index (χ2v) is 5.78. The quantitative estimate of drug-likeness (QED) is 0.724. The highest BCUT2D eigenvalue weighted by atomic mass is 127. The van der Waals surface area contributed by atoms with Crippen LogP contribution >= 0.6 is 22.6 Å². The Kier molecular flexibility index (Phi) is 3.17. The van der Waals surface area contributed by atoms with E-state index in [0.29, 0.717) is 5.95 Å². The highest BCUT2D eigenvalue weighted by Crippen LogP contribution is 2.20. The summed E-state index contributed by atoms with van der Waals surface area (Å²) < 4.78 is 5.12. The molecule has 3 aromatic rings. The van der Waals surface area contributed by atoms with Crippen molar-refractivity contribution in [3.8, 4) is 0 Å². The van der Waals surface area contributed by atoms with Crippen LogP contribution < -0.4 is 5.73 Å². The van der Waals surface area contributed by atoms with Gasteiger partial charge >= 0.3 is 0 Å². The van der Waals surface area contributed by atoms with Gasteiger partial charge in [-0.25, -0.2) is 4.98 Å². The van der Waals surface area contributed by atoms with E-state index in [-0.39, 0.29) is 0 Å². The Labute approximate surface area is 124 Å². The number of rotatable bonds is 3. The molecule has 2 N–H and O–H groups in total. The monoisotopic (exact) mass is 367 g/mol. The van der Waals surface area contributed by atoms with E-state index < -0.39 is 0 Å². The molecule has 0 saturated carbocycles. The summed E-state index contributed by atoms with van der Waals surface area (Å²) in [5, 5.41) is 4.28. The van der Waals surface area contributed by atoms with Crippen molar-refractivity contribution in [3.63, 3.8) is 0 Å². The molecule has 0 fully saturated rings. The number of aryl methyl sites for hydroxylation is 3. The summed E-state index contributed by atoms with van der Waals surface area (Å²) >= 11 is 2.28. The van der Waals surface area contributed by atoms with Crippen molar-refractivity contribution in [1.29, 1.82) is 0 Å². The van der Waals surface area contributed by atoms with Crippen LogP contribution in [0.25, 0.3) is 11.0 Å². The maximum Gasteiger partial charge on any atom is 0.201 e. The highest BCUT2D eigenvalue weighted by molar-refractivity contribution is 14.1. The second kappa shape index (κ2) is 4.84. The van der Waals surface area contributed by atoms with Crippen LogP contribution in [0.1, 0.15) is 5.56 Å². The summed E-state index contributed by atoms with van der Waals surface area (Å²) in [7, 11) is 0. The van der Waals surface area contributed by atoms with Gasteiger partial charge in [0.05, 0.1) is 23.8 Å². The fourth-order valence-corrected chi connectivity index (χ4v) is 2.62. The number of hydrogen-bond donors (Lipinski definition) is 1. The van der Waals surface area contributed by atoms with Crippen LogP contribution in [-0.2, 0) is 13.1 Å². The van der Waals surface area contributed by atoms with Crippen molar-refractivity contribution in [3.05, 3.63) is 39.7 Å². The number of benzene rings is 1. The molecule has 2 aromatic heterocycles. The number of fused-ring (bicyclic) bond motifs is 1. The predicted molar refractivity (Wildman–Crippen MR) is 83.8 cm³/mol. The van der Waals surface area contributed by atoms with Crippen LogP contribution in [0.2, 0.25) is 0 Å². The molecule has 98 valence electrons. The van der Waals surface area contributed by atoms with E-state index in [4.69, 9.17) is 5.73 Å². The van der Waals surface area contributed by atoms with Crippen molar-refractivity contribution in [2.24, 2.45) is 0 Å². The van der Waals surface area contributed by atoms with Gasteiger partial charge in [0, 0.05) is 16.3 Å². The Morgan fingerprint density at radius 2 is 2.16 bits per heavy atom. The van der Waals surface area contributed by atoms with Gasteiger partial charge in [-0.2, -0.15) is 5.10 Å². The number of hydrogen-bond acceptors (Lipinski definition) is 3. The van der Waals surface area contributed by atoms with Gasteiger partial charge in [0.2, 0.25) is 5.95 Å². The molecule has 0 spiro atoms. The number of nitrogen functional groups attached to an aromatic ring is 1. The van der Waals surface area contributed by atoms with E-state index in [9.17, 15) is 0 Å². The molecule has 2 heterocycles.